The van der Waals surface area contributed by atoms with Gasteiger partial charge in [-0.25, -0.2) is 0 Å². The van der Waals surface area contributed by atoms with Crippen LogP contribution < -0.4 is 0 Å². The molecule has 0 heteroatoms. The zero-order valence-electron chi connectivity index (χ0n) is 11.5. The molecule has 0 aromatic rings. The third-order valence-corrected chi connectivity index (χ3v) is 6.92. The van der Waals surface area contributed by atoms with Crippen molar-refractivity contribution in [3.63, 3.8) is 0 Å². The first kappa shape index (κ1) is 11.5. The first-order valence-electron chi connectivity index (χ1n) is 6.83. The molecular formula is C15H28. The minimum Gasteiger partial charge on any atom is -0.0648 e. The Kier molecular flexibility index (Phi) is 2.31. The van der Waals surface area contributed by atoms with Gasteiger partial charge in [0, 0.05) is 0 Å². The summed E-state index contributed by atoms with van der Waals surface area (Å²) in [4.78, 5) is 0. The fourth-order valence-electron chi connectivity index (χ4n) is 4.91. The number of hydrogen-bond acceptors (Lipinski definition) is 0. The van der Waals surface area contributed by atoms with E-state index in [1.807, 2.05) is 0 Å². The molecule has 2 aliphatic rings. The second kappa shape index (κ2) is 3.02. The summed E-state index contributed by atoms with van der Waals surface area (Å²) in [5.74, 6) is 1.71. The normalized spacial score (nSPS) is 50.6. The highest BCUT2D eigenvalue weighted by molar-refractivity contribution is 5.22. The van der Waals surface area contributed by atoms with E-state index >= 15 is 0 Å². The van der Waals surface area contributed by atoms with E-state index in [2.05, 4.69) is 41.5 Å². The molecule has 2 aliphatic carbocycles. The summed E-state index contributed by atoms with van der Waals surface area (Å²) < 4.78 is 0. The summed E-state index contributed by atoms with van der Waals surface area (Å²) in [5, 5.41) is 0. The van der Waals surface area contributed by atoms with Crippen LogP contribution in [0.4, 0.5) is 0 Å². The van der Waals surface area contributed by atoms with Gasteiger partial charge in [-0.15, -0.1) is 0 Å². The van der Waals surface area contributed by atoms with Crippen molar-refractivity contribution in [3.8, 4) is 0 Å². The van der Waals surface area contributed by atoms with E-state index in [-0.39, 0.29) is 0 Å². The predicted molar refractivity (Wildman–Crippen MR) is 66.8 cm³/mol. The van der Waals surface area contributed by atoms with Gasteiger partial charge in [-0.1, -0.05) is 41.5 Å². The first-order valence-corrected chi connectivity index (χ1v) is 6.83. The number of hydrogen-bond donors (Lipinski definition) is 0. The molecule has 0 bridgehead atoms. The molecule has 0 spiro atoms. The van der Waals surface area contributed by atoms with Gasteiger partial charge in [-0.2, -0.15) is 0 Å². The highest BCUT2D eigenvalue weighted by atomic mass is 14.8. The molecule has 0 radical (unpaired) electrons. The van der Waals surface area contributed by atoms with E-state index < -0.39 is 0 Å². The fraction of sp³-hybridized carbons (Fsp3) is 1.00. The van der Waals surface area contributed by atoms with E-state index in [0.717, 1.165) is 17.3 Å². The molecule has 0 aromatic carbocycles. The lowest BCUT2D eigenvalue weighted by atomic mass is 9.25. The van der Waals surface area contributed by atoms with Gasteiger partial charge in [0.2, 0.25) is 0 Å². The quantitative estimate of drug-likeness (QED) is 0.620. The molecule has 0 aromatic heterocycles. The minimum absolute atomic E-state index is 0.620. The van der Waals surface area contributed by atoms with Crippen molar-refractivity contribution in [1.29, 1.82) is 0 Å². The highest BCUT2D eigenvalue weighted by Crippen LogP contribution is 2.82. The summed E-state index contributed by atoms with van der Waals surface area (Å²) in [6.07, 6.45) is 5.88. The van der Waals surface area contributed by atoms with E-state index in [1.54, 1.807) is 0 Å². The molecule has 2 fully saturated rings. The van der Waals surface area contributed by atoms with Crippen LogP contribution in [-0.4, -0.2) is 0 Å². The summed E-state index contributed by atoms with van der Waals surface area (Å²) in [6.45, 7) is 14.8. The number of rotatable bonds is 3. The van der Waals surface area contributed by atoms with Crippen LogP contribution in [0.1, 0.15) is 67.2 Å². The lowest BCUT2D eigenvalue weighted by Gasteiger charge is -2.79. The molecule has 0 N–H and O–H groups in total. The fourth-order valence-corrected chi connectivity index (χ4v) is 4.91. The third kappa shape index (κ3) is 1.04. The summed E-state index contributed by atoms with van der Waals surface area (Å²) >= 11 is 0. The van der Waals surface area contributed by atoms with Gasteiger partial charge in [0.15, 0.2) is 0 Å². The van der Waals surface area contributed by atoms with Crippen molar-refractivity contribution < 1.29 is 0 Å². The van der Waals surface area contributed by atoms with Crippen LogP contribution in [0.5, 0.6) is 0 Å². The Labute approximate surface area is 95.8 Å². The van der Waals surface area contributed by atoms with Crippen molar-refractivity contribution in [2.24, 2.45) is 28.1 Å². The largest absolute Gasteiger partial charge is 0.0648 e. The summed E-state index contributed by atoms with van der Waals surface area (Å²) in [7, 11) is 0. The first-order chi connectivity index (χ1) is 6.83. The topological polar surface area (TPSA) is 0 Å². The predicted octanol–water partition coefficient (Wildman–Crippen LogP) is 4.89. The average molecular weight is 208 g/mol. The molecular weight excluding hydrogens is 180 g/mol. The zero-order chi connectivity index (χ0) is 11.5. The monoisotopic (exact) mass is 208 g/mol. The Morgan fingerprint density at radius 3 is 1.93 bits per heavy atom. The maximum atomic E-state index is 2.57. The van der Waals surface area contributed by atoms with Gasteiger partial charge in [0.1, 0.15) is 0 Å². The molecule has 2 rings (SSSR count). The Hall–Kier alpha value is 0. The molecule has 88 valence electrons. The molecule has 4 unspecified atom stereocenters. The second-order valence-corrected chi connectivity index (χ2v) is 7.09. The molecule has 0 saturated heterocycles. The number of fused-ring (bicyclic) bond motifs is 1. The Morgan fingerprint density at radius 1 is 1.07 bits per heavy atom. The summed E-state index contributed by atoms with van der Waals surface area (Å²) in [5.41, 5.74) is 2.03. The van der Waals surface area contributed by atoms with Crippen molar-refractivity contribution in [2.45, 2.75) is 67.2 Å². The van der Waals surface area contributed by atoms with Crippen LogP contribution in [0.3, 0.4) is 0 Å². The van der Waals surface area contributed by atoms with Crippen LogP contribution >= 0.6 is 0 Å². The summed E-state index contributed by atoms with van der Waals surface area (Å²) in [6, 6.07) is 0. The van der Waals surface area contributed by atoms with Gasteiger partial charge in [-0.05, 0) is 53.8 Å². The van der Waals surface area contributed by atoms with Crippen LogP contribution in [0.2, 0.25) is 0 Å². The lowest BCUT2D eigenvalue weighted by Crippen LogP contribution is -2.71. The van der Waals surface area contributed by atoms with Crippen LogP contribution in [0.25, 0.3) is 0 Å². The molecule has 15 heavy (non-hydrogen) atoms. The maximum Gasteiger partial charge on any atom is -0.0212 e. The third-order valence-electron chi connectivity index (χ3n) is 6.92. The standard InChI is InChI=1S/C15H28/c1-7-15-9-8-14(15,6)13(5,10-15)12(4)11(2)3/h11-12H,7-10H2,1-6H3. The van der Waals surface area contributed by atoms with E-state index in [1.165, 1.54) is 25.7 Å². The van der Waals surface area contributed by atoms with E-state index in [9.17, 15) is 0 Å². The smallest absolute Gasteiger partial charge is 0.0212 e. The minimum atomic E-state index is 0.620. The highest BCUT2D eigenvalue weighted by Gasteiger charge is 2.73. The molecule has 4 atom stereocenters. The zero-order valence-corrected chi connectivity index (χ0v) is 11.5. The second-order valence-electron chi connectivity index (χ2n) is 7.09. The molecule has 0 nitrogen and oxygen atoms in total. The van der Waals surface area contributed by atoms with Crippen molar-refractivity contribution in [3.05, 3.63) is 0 Å². The van der Waals surface area contributed by atoms with Crippen molar-refractivity contribution in [2.75, 3.05) is 0 Å². The van der Waals surface area contributed by atoms with Gasteiger partial charge >= 0.3 is 0 Å². The van der Waals surface area contributed by atoms with E-state index in [4.69, 9.17) is 0 Å². The van der Waals surface area contributed by atoms with Gasteiger partial charge in [0.05, 0.1) is 0 Å². The van der Waals surface area contributed by atoms with Crippen LogP contribution in [0, 0.1) is 28.1 Å². The molecule has 2 saturated carbocycles. The molecule has 0 amide bonds. The SMILES string of the molecule is CCC12CCC1(C)C(C)(C(C)C(C)C)C2. The average Bonchev–Trinajstić information content (AvgIpc) is 2.21. The maximum absolute atomic E-state index is 2.57. The van der Waals surface area contributed by atoms with Gasteiger partial charge in [0.25, 0.3) is 0 Å². The molecule has 0 aliphatic heterocycles. The molecule has 0 heterocycles. The van der Waals surface area contributed by atoms with E-state index in [0.29, 0.717) is 10.8 Å². The van der Waals surface area contributed by atoms with Crippen molar-refractivity contribution >= 4 is 0 Å². The van der Waals surface area contributed by atoms with Gasteiger partial charge in [-0.3, -0.25) is 0 Å². The van der Waals surface area contributed by atoms with Crippen LogP contribution in [0.15, 0.2) is 0 Å². The van der Waals surface area contributed by atoms with Gasteiger partial charge < -0.3 is 0 Å². The Morgan fingerprint density at radius 2 is 1.67 bits per heavy atom. The Bertz CT molecular complexity index is 263. The van der Waals surface area contributed by atoms with Crippen molar-refractivity contribution in [1.82, 2.24) is 0 Å². The Balaban J connectivity index is 2.21. The van der Waals surface area contributed by atoms with Crippen LogP contribution in [-0.2, 0) is 0 Å². The lowest BCUT2D eigenvalue weighted by molar-refractivity contribution is -0.300.